The predicted octanol–water partition coefficient (Wildman–Crippen LogP) is 2.14. The summed E-state index contributed by atoms with van der Waals surface area (Å²) in [5.74, 6) is 6.12. The molecule has 3 aromatic rings. The molecular weight excluding hydrogens is 600 g/mol. The summed E-state index contributed by atoms with van der Waals surface area (Å²) in [7, 11) is -3.35. The molecule has 3 N–H and O–H groups in total. The Bertz CT molecular complexity index is 1740. The number of carbonyl (C=O) groups is 1. The van der Waals surface area contributed by atoms with Crippen LogP contribution in [0.4, 0.5) is 0 Å². The highest BCUT2D eigenvalue weighted by Crippen LogP contribution is 2.33. The summed E-state index contributed by atoms with van der Waals surface area (Å²) in [4.78, 5) is 14.0. The normalized spacial score (nSPS) is 19.1. The number of rotatable bonds is 7. The second kappa shape index (κ2) is 13.0. The van der Waals surface area contributed by atoms with Gasteiger partial charge in [-0.1, -0.05) is 35.6 Å². The van der Waals surface area contributed by atoms with Crippen LogP contribution in [0.3, 0.4) is 0 Å². The van der Waals surface area contributed by atoms with E-state index in [1.807, 2.05) is 36.4 Å². The highest BCUT2D eigenvalue weighted by atomic mass is 35.5. The molecule has 12 heteroatoms. The maximum Gasteiger partial charge on any atom is 0.234 e. The number of nitrogens with two attached hydrogens (primary N) is 1. The van der Waals surface area contributed by atoms with Gasteiger partial charge in [0, 0.05) is 80.2 Å². The fourth-order valence-corrected chi connectivity index (χ4v) is 7.09. The second-order valence-corrected chi connectivity index (χ2v) is 14.0. The number of primary amides is 1. The van der Waals surface area contributed by atoms with E-state index in [2.05, 4.69) is 26.7 Å². The maximum atomic E-state index is 12.5. The molecule has 0 radical (unpaired) electrons. The van der Waals surface area contributed by atoms with Gasteiger partial charge in [-0.15, -0.1) is 0 Å². The number of hydrogen-bond donors (Lipinski definition) is 2. The van der Waals surface area contributed by atoms with Crippen LogP contribution < -0.4 is 11.1 Å². The van der Waals surface area contributed by atoms with Crippen LogP contribution in [0.2, 0.25) is 5.02 Å². The van der Waals surface area contributed by atoms with Gasteiger partial charge in [-0.25, -0.2) is 8.42 Å². The van der Waals surface area contributed by atoms with Gasteiger partial charge in [0.05, 0.1) is 36.2 Å². The van der Waals surface area contributed by atoms with Gasteiger partial charge in [-0.2, -0.15) is 9.40 Å². The molecule has 0 bridgehead atoms. The van der Waals surface area contributed by atoms with Crippen molar-refractivity contribution in [2.75, 3.05) is 45.6 Å². The summed E-state index contributed by atoms with van der Waals surface area (Å²) in [5, 5.41) is 8.74. The minimum atomic E-state index is -3.35. The van der Waals surface area contributed by atoms with E-state index in [0.717, 1.165) is 85.0 Å². The molecule has 1 atom stereocenters. The molecule has 232 valence electrons. The van der Waals surface area contributed by atoms with Crippen molar-refractivity contribution in [3.8, 4) is 23.1 Å². The van der Waals surface area contributed by atoms with E-state index in [0.29, 0.717) is 36.5 Å². The molecule has 1 amide bonds. The van der Waals surface area contributed by atoms with Crippen LogP contribution in [-0.4, -0.2) is 85.0 Å². The van der Waals surface area contributed by atoms with E-state index in [1.165, 1.54) is 10.6 Å². The molecule has 4 heterocycles. The molecular formula is C32H37ClN6O4S. The van der Waals surface area contributed by atoms with Crippen molar-refractivity contribution < 1.29 is 17.9 Å². The van der Waals surface area contributed by atoms with E-state index < -0.39 is 10.0 Å². The Morgan fingerprint density at radius 3 is 2.70 bits per heavy atom. The highest BCUT2D eigenvalue weighted by molar-refractivity contribution is 7.88. The van der Waals surface area contributed by atoms with E-state index >= 15 is 0 Å². The van der Waals surface area contributed by atoms with Gasteiger partial charge in [0.2, 0.25) is 15.9 Å². The first kappa shape index (κ1) is 30.8. The Morgan fingerprint density at radius 1 is 1.11 bits per heavy atom. The second-order valence-electron chi connectivity index (χ2n) is 11.6. The van der Waals surface area contributed by atoms with Crippen molar-refractivity contribution in [1.29, 1.82) is 0 Å². The van der Waals surface area contributed by atoms with Crippen molar-refractivity contribution >= 4 is 27.5 Å². The summed E-state index contributed by atoms with van der Waals surface area (Å²) in [6.07, 6.45) is 3.38. The lowest BCUT2D eigenvalue weighted by Gasteiger charge is -2.27. The van der Waals surface area contributed by atoms with Gasteiger partial charge < -0.3 is 15.8 Å². The van der Waals surface area contributed by atoms with Gasteiger partial charge in [0.25, 0.3) is 0 Å². The van der Waals surface area contributed by atoms with Crippen molar-refractivity contribution in [1.82, 2.24) is 24.3 Å². The number of aromatic nitrogens is 2. The number of halogens is 1. The van der Waals surface area contributed by atoms with Gasteiger partial charge in [-0.3, -0.25) is 14.4 Å². The molecule has 2 aromatic carbocycles. The SMILES string of the molecule is CS(=O)(=O)N1CCc2c(c(-c3ccc(Cl)c(C#Cc4ccc5c(c4)CN[C@@H](C(N)=O)C5)c3)nn2CCCN2CCOCC2)C1. The fraction of sp³-hybridized carbons (Fsp3) is 0.438. The predicted molar refractivity (Wildman–Crippen MR) is 169 cm³/mol. The molecule has 0 aliphatic carbocycles. The molecule has 1 aromatic heterocycles. The highest BCUT2D eigenvalue weighted by Gasteiger charge is 2.30. The van der Waals surface area contributed by atoms with Crippen LogP contribution in [0.5, 0.6) is 0 Å². The Hall–Kier alpha value is -3.24. The summed E-state index contributed by atoms with van der Waals surface area (Å²) >= 11 is 6.60. The van der Waals surface area contributed by atoms with Crippen molar-refractivity contribution in [3.63, 3.8) is 0 Å². The first-order valence-electron chi connectivity index (χ1n) is 15.0. The van der Waals surface area contributed by atoms with Gasteiger partial charge in [-0.05, 0) is 48.2 Å². The quantitative estimate of drug-likeness (QED) is 0.381. The lowest BCUT2D eigenvalue weighted by molar-refractivity contribution is -0.120. The number of carbonyl (C=O) groups excluding carboxylic acids is 1. The molecule has 0 unspecified atom stereocenters. The minimum Gasteiger partial charge on any atom is -0.379 e. The monoisotopic (exact) mass is 636 g/mol. The Kier molecular flexibility index (Phi) is 9.10. The Balaban J connectivity index is 1.27. The summed E-state index contributed by atoms with van der Waals surface area (Å²) in [6, 6.07) is 11.3. The number of morpholine rings is 1. The topological polar surface area (TPSA) is 123 Å². The average molecular weight is 637 g/mol. The molecule has 1 fully saturated rings. The minimum absolute atomic E-state index is 0.288. The molecule has 1 saturated heterocycles. The molecule has 6 rings (SSSR count). The zero-order valence-corrected chi connectivity index (χ0v) is 26.4. The maximum absolute atomic E-state index is 12.5. The molecule has 10 nitrogen and oxygen atoms in total. The van der Waals surface area contributed by atoms with Crippen molar-refractivity contribution in [3.05, 3.63) is 74.9 Å². The van der Waals surface area contributed by atoms with Crippen LogP contribution in [-0.2, 0) is 52.0 Å². The molecule has 0 spiro atoms. The third kappa shape index (κ3) is 6.86. The number of ether oxygens (including phenoxy) is 1. The van der Waals surface area contributed by atoms with Crippen LogP contribution in [0.15, 0.2) is 36.4 Å². The zero-order chi connectivity index (χ0) is 30.8. The summed E-state index contributed by atoms with van der Waals surface area (Å²) in [5.41, 5.74) is 12.8. The number of nitrogens with one attached hydrogen (secondary N) is 1. The molecule has 0 saturated carbocycles. The van der Waals surface area contributed by atoms with Gasteiger partial charge >= 0.3 is 0 Å². The molecule has 44 heavy (non-hydrogen) atoms. The van der Waals surface area contributed by atoms with Gasteiger partial charge in [0.15, 0.2) is 0 Å². The van der Waals surface area contributed by atoms with E-state index in [1.54, 1.807) is 0 Å². The molecule has 3 aliphatic rings. The van der Waals surface area contributed by atoms with Crippen LogP contribution in [0, 0.1) is 11.8 Å². The first-order chi connectivity index (χ1) is 21.2. The van der Waals surface area contributed by atoms with Crippen LogP contribution in [0.25, 0.3) is 11.3 Å². The lowest BCUT2D eigenvalue weighted by atomic mass is 9.94. The first-order valence-corrected chi connectivity index (χ1v) is 17.2. The van der Waals surface area contributed by atoms with E-state index in [4.69, 9.17) is 27.2 Å². The number of benzene rings is 2. The van der Waals surface area contributed by atoms with E-state index in [-0.39, 0.29) is 18.5 Å². The number of aryl methyl sites for hydroxylation is 1. The average Bonchev–Trinajstić information content (AvgIpc) is 3.38. The van der Waals surface area contributed by atoms with E-state index in [9.17, 15) is 13.2 Å². The Morgan fingerprint density at radius 2 is 1.93 bits per heavy atom. The van der Waals surface area contributed by atoms with Crippen LogP contribution in [0.1, 0.15) is 39.9 Å². The third-order valence-corrected chi connectivity index (χ3v) is 10.2. The number of sulfonamides is 1. The standard InChI is InChI=1S/C32H37ClN6O4S/c1-44(41,42)38-12-9-30-27(21-38)31(36-39(30)11-2-10-37-13-15-43-16-14-37)25-7-8-28(33)24(18-25)6-4-22-3-5-23-19-29(32(34)40)35-20-26(23)17-22/h3,5,7-8,17-18,29,35H,2,9-16,19-21H2,1H3,(H2,34,40)/t29-/m1/s1. The van der Waals surface area contributed by atoms with Gasteiger partial charge in [0.1, 0.15) is 0 Å². The number of nitrogens with zero attached hydrogens (tertiary/aromatic N) is 4. The zero-order valence-electron chi connectivity index (χ0n) is 24.8. The Labute approximate surface area is 263 Å². The number of hydrogen-bond acceptors (Lipinski definition) is 7. The largest absolute Gasteiger partial charge is 0.379 e. The van der Waals surface area contributed by atoms with Crippen LogP contribution >= 0.6 is 11.6 Å². The fourth-order valence-electron chi connectivity index (χ4n) is 6.14. The third-order valence-electron chi connectivity index (χ3n) is 8.61. The molecule has 3 aliphatic heterocycles. The lowest BCUT2D eigenvalue weighted by Crippen LogP contribution is -2.45. The smallest absolute Gasteiger partial charge is 0.234 e. The number of fused-ring (bicyclic) bond motifs is 2. The number of amides is 1. The van der Waals surface area contributed by atoms with Crippen molar-refractivity contribution in [2.45, 2.75) is 44.9 Å². The summed E-state index contributed by atoms with van der Waals surface area (Å²) < 4.78 is 34.0. The van der Waals surface area contributed by atoms with Crippen molar-refractivity contribution in [2.24, 2.45) is 5.73 Å². The summed E-state index contributed by atoms with van der Waals surface area (Å²) in [6.45, 7) is 6.43.